The van der Waals surface area contributed by atoms with Crippen molar-refractivity contribution in [2.45, 2.75) is 13.8 Å². The van der Waals surface area contributed by atoms with Crippen LogP contribution in [0.1, 0.15) is 22.9 Å². The highest BCUT2D eigenvalue weighted by Crippen LogP contribution is 2.20. The van der Waals surface area contributed by atoms with Crippen molar-refractivity contribution in [1.82, 2.24) is 24.5 Å². The molecule has 3 heterocycles. The first-order chi connectivity index (χ1) is 12.1. The average molecular weight is 345 g/mol. The first kappa shape index (κ1) is 15.5. The lowest BCUT2D eigenvalue weighted by Crippen LogP contribution is -1.97. The van der Waals surface area contributed by atoms with Crippen LogP contribution in [0.3, 0.4) is 0 Å². The molecule has 0 bridgehead atoms. The van der Waals surface area contributed by atoms with Crippen molar-refractivity contribution in [3.8, 4) is 22.5 Å². The molecule has 0 N–H and O–H groups in total. The molecule has 122 valence electrons. The standard InChI is InChI=1S/C19H15N5S/c1-12-5-4-6-14-13(2)21-16(23-18(12)14)7-8-17-22-15(11-24(17)3)19-20-9-10-25-19/h4-6,9-11H,1-3H3. The largest absolute Gasteiger partial charge is 0.327 e. The Morgan fingerprint density at radius 1 is 1.08 bits per heavy atom. The van der Waals surface area contributed by atoms with Crippen LogP contribution in [-0.2, 0) is 7.05 Å². The maximum Gasteiger partial charge on any atom is 0.206 e. The van der Waals surface area contributed by atoms with E-state index in [4.69, 9.17) is 0 Å². The molecule has 0 spiro atoms. The Labute approximate surface area is 149 Å². The Morgan fingerprint density at radius 2 is 1.96 bits per heavy atom. The summed E-state index contributed by atoms with van der Waals surface area (Å²) in [5, 5.41) is 3.88. The second-order valence-electron chi connectivity index (χ2n) is 5.75. The molecular weight excluding hydrogens is 330 g/mol. The van der Waals surface area contributed by atoms with E-state index in [1.807, 2.05) is 55.2 Å². The lowest BCUT2D eigenvalue weighted by atomic mass is 10.1. The van der Waals surface area contributed by atoms with Crippen molar-refractivity contribution >= 4 is 22.2 Å². The van der Waals surface area contributed by atoms with Gasteiger partial charge < -0.3 is 4.57 Å². The summed E-state index contributed by atoms with van der Waals surface area (Å²) < 4.78 is 1.89. The molecule has 0 saturated heterocycles. The fourth-order valence-electron chi connectivity index (χ4n) is 2.65. The van der Waals surface area contributed by atoms with Crippen molar-refractivity contribution in [3.05, 3.63) is 58.9 Å². The zero-order valence-corrected chi connectivity index (χ0v) is 14.9. The summed E-state index contributed by atoms with van der Waals surface area (Å²) in [5.41, 5.74) is 3.83. The van der Waals surface area contributed by atoms with Crippen molar-refractivity contribution in [2.75, 3.05) is 0 Å². The Bertz CT molecular complexity index is 1130. The topological polar surface area (TPSA) is 56.5 Å². The van der Waals surface area contributed by atoms with Crippen LogP contribution >= 0.6 is 11.3 Å². The van der Waals surface area contributed by atoms with Crippen LogP contribution < -0.4 is 0 Å². The number of nitrogens with zero attached hydrogens (tertiary/aromatic N) is 5. The smallest absolute Gasteiger partial charge is 0.206 e. The van der Waals surface area contributed by atoms with Gasteiger partial charge in [0.05, 0.1) is 5.52 Å². The van der Waals surface area contributed by atoms with Crippen LogP contribution in [0.15, 0.2) is 36.0 Å². The zero-order valence-electron chi connectivity index (χ0n) is 14.1. The summed E-state index contributed by atoms with van der Waals surface area (Å²) >= 11 is 1.56. The molecule has 5 nitrogen and oxygen atoms in total. The first-order valence-corrected chi connectivity index (χ1v) is 8.69. The minimum Gasteiger partial charge on any atom is -0.327 e. The summed E-state index contributed by atoms with van der Waals surface area (Å²) in [6, 6.07) is 6.10. The average Bonchev–Trinajstić information content (AvgIpc) is 3.24. The van der Waals surface area contributed by atoms with Crippen LogP contribution in [-0.4, -0.2) is 24.5 Å². The van der Waals surface area contributed by atoms with Crippen molar-refractivity contribution in [1.29, 1.82) is 0 Å². The molecule has 0 aliphatic heterocycles. The molecule has 1 aromatic carbocycles. The number of aryl methyl sites for hydroxylation is 3. The van der Waals surface area contributed by atoms with Crippen molar-refractivity contribution in [3.63, 3.8) is 0 Å². The molecule has 4 rings (SSSR count). The summed E-state index contributed by atoms with van der Waals surface area (Å²) in [5.74, 6) is 7.30. The van der Waals surface area contributed by atoms with E-state index in [1.54, 1.807) is 17.5 Å². The molecule has 0 amide bonds. The van der Waals surface area contributed by atoms with Gasteiger partial charge in [0, 0.05) is 35.9 Å². The number of rotatable bonds is 1. The maximum atomic E-state index is 4.60. The number of hydrogen-bond donors (Lipinski definition) is 0. The van der Waals surface area contributed by atoms with Crippen LogP contribution in [0.4, 0.5) is 0 Å². The minimum atomic E-state index is 0.512. The summed E-state index contributed by atoms with van der Waals surface area (Å²) in [4.78, 5) is 18.0. The number of aromatic nitrogens is 5. The normalized spacial score (nSPS) is 10.7. The van der Waals surface area contributed by atoms with Crippen molar-refractivity contribution < 1.29 is 0 Å². The van der Waals surface area contributed by atoms with Gasteiger partial charge in [0.1, 0.15) is 10.7 Å². The molecule has 3 aromatic heterocycles. The van der Waals surface area contributed by atoms with E-state index in [9.17, 15) is 0 Å². The number of benzene rings is 1. The molecule has 4 aromatic rings. The highest BCUT2D eigenvalue weighted by Gasteiger charge is 2.08. The lowest BCUT2D eigenvalue weighted by molar-refractivity contribution is 0.893. The SMILES string of the molecule is Cc1nc(C#Cc2nc(-c3nccs3)cn2C)nc2c(C)cccc12. The fourth-order valence-corrected chi connectivity index (χ4v) is 3.24. The Balaban J connectivity index is 1.75. The van der Waals surface area contributed by atoms with Gasteiger partial charge in [0.2, 0.25) is 5.82 Å². The molecular formula is C19H15N5S. The van der Waals surface area contributed by atoms with E-state index in [0.717, 1.165) is 32.9 Å². The number of fused-ring (bicyclic) bond motifs is 1. The second-order valence-corrected chi connectivity index (χ2v) is 6.65. The first-order valence-electron chi connectivity index (χ1n) is 7.81. The van der Waals surface area contributed by atoms with Crippen molar-refractivity contribution in [2.24, 2.45) is 7.05 Å². The Kier molecular flexibility index (Phi) is 3.79. The molecule has 0 atom stereocenters. The molecule has 0 unspecified atom stereocenters. The zero-order chi connectivity index (χ0) is 17.4. The van der Waals surface area contributed by atoms with Gasteiger partial charge in [-0.15, -0.1) is 11.3 Å². The van der Waals surface area contributed by atoms with E-state index in [2.05, 4.69) is 31.8 Å². The molecule has 0 radical (unpaired) electrons. The third-order valence-electron chi connectivity index (χ3n) is 3.93. The molecule has 0 aliphatic carbocycles. The molecule has 25 heavy (non-hydrogen) atoms. The highest BCUT2D eigenvalue weighted by atomic mass is 32.1. The van der Waals surface area contributed by atoms with Crippen LogP contribution in [0.25, 0.3) is 21.6 Å². The van der Waals surface area contributed by atoms with Gasteiger partial charge in [-0.2, -0.15) is 0 Å². The number of hydrogen-bond acceptors (Lipinski definition) is 5. The third-order valence-corrected chi connectivity index (χ3v) is 4.73. The van der Waals surface area contributed by atoms with Crippen LogP contribution in [0, 0.1) is 25.7 Å². The number of thiazole rings is 1. The molecule has 0 fully saturated rings. The lowest BCUT2D eigenvalue weighted by Gasteiger charge is -2.04. The van der Waals surface area contributed by atoms with E-state index < -0.39 is 0 Å². The second kappa shape index (κ2) is 6.11. The Hall–Kier alpha value is -3.04. The summed E-state index contributed by atoms with van der Waals surface area (Å²) in [6.07, 6.45) is 3.70. The predicted octanol–water partition coefficient (Wildman–Crippen LogP) is 3.50. The fraction of sp³-hybridized carbons (Fsp3) is 0.158. The van der Waals surface area contributed by atoms with Gasteiger partial charge in [-0.1, -0.05) is 18.2 Å². The molecule has 0 aliphatic rings. The quantitative estimate of drug-likeness (QED) is 0.496. The van der Waals surface area contributed by atoms with E-state index in [0.29, 0.717) is 11.6 Å². The van der Waals surface area contributed by atoms with E-state index >= 15 is 0 Å². The minimum absolute atomic E-state index is 0.512. The van der Waals surface area contributed by atoms with Gasteiger partial charge in [-0.05, 0) is 31.3 Å². The molecule has 6 heteroatoms. The van der Waals surface area contributed by atoms with Gasteiger partial charge in [-0.25, -0.2) is 19.9 Å². The summed E-state index contributed by atoms with van der Waals surface area (Å²) in [6.45, 7) is 4.03. The number of imidazole rings is 1. The maximum absolute atomic E-state index is 4.60. The van der Waals surface area contributed by atoms with Gasteiger partial charge in [0.15, 0.2) is 5.82 Å². The van der Waals surface area contributed by atoms with Crippen LogP contribution in [0.2, 0.25) is 0 Å². The van der Waals surface area contributed by atoms with Gasteiger partial charge in [0.25, 0.3) is 0 Å². The predicted molar refractivity (Wildman–Crippen MR) is 99.3 cm³/mol. The van der Waals surface area contributed by atoms with E-state index in [1.165, 1.54) is 0 Å². The molecule has 0 saturated carbocycles. The monoisotopic (exact) mass is 345 g/mol. The van der Waals surface area contributed by atoms with Gasteiger partial charge >= 0.3 is 0 Å². The third kappa shape index (κ3) is 2.90. The highest BCUT2D eigenvalue weighted by molar-refractivity contribution is 7.13. The van der Waals surface area contributed by atoms with Crippen LogP contribution in [0.5, 0.6) is 0 Å². The number of para-hydroxylation sites is 1. The van der Waals surface area contributed by atoms with Gasteiger partial charge in [-0.3, -0.25) is 0 Å². The summed E-state index contributed by atoms with van der Waals surface area (Å²) in [7, 11) is 1.92. The van der Waals surface area contributed by atoms with E-state index in [-0.39, 0.29) is 0 Å². The Morgan fingerprint density at radius 3 is 2.76 bits per heavy atom.